The summed E-state index contributed by atoms with van der Waals surface area (Å²) in [5, 5.41) is 7.60. The Hall–Kier alpha value is 0.196. The van der Waals surface area contributed by atoms with Crippen molar-refractivity contribution in [2.24, 2.45) is 5.73 Å². The van der Waals surface area contributed by atoms with Crippen molar-refractivity contribution >= 4 is 29.0 Å². The Morgan fingerprint density at radius 1 is 1.83 bits per heavy atom. The normalized spacial score (nSPS) is 6.17. The predicted molar refractivity (Wildman–Crippen MR) is 22.4 cm³/mol. The molecule has 6 heavy (non-hydrogen) atoms. The standard InChI is InChI=1S/C2H5NO2.Mg/c3-1-2(4)5;/h1,3H2,(H,4,5);/q;+2. The van der Waals surface area contributed by atoms with Gasteiger partial charge in [-0.3, -0.25) is 4.79 Å². The van der Waals surface area contributed by atoms with Crippen LogP contribution in [-0.2, 0) is 4.79 Å². The van der Waals surface area contributed by atoms with Crippen LogP contribution >= 0.6 is 0 Å². The zero-order chi connectivity index (χ0) is 4.28. The third kappa shape index (κ3) is 8.89. The molecule has 0 atom stereocenters. The van der Waals surface area contributed by atoms with Gasteiger partial charge < -0.3 is 10.8 Å². The minimum atomic E-state index is -0.968. The van der Waals surface area contributed by atoms with Crippen LogP contribution in [0.5, 0.6) is 0 Å². The number of aliphatic carboxylic acids is 1. The van der Waals surface area contributed by atoms with Gasteiger partial charge in [0.1, 0.15) is 0 Å². The van der Waals surface area contributed by atoms with Crippen LogP contribution in [0.2, 0.25) is 0 Å². The number of carbonyl (C=O) groups is 1. The minimum absolute atomic E-state index is 0. The van der Waals surface area contributed by atoms with E-state index in [-0.39, 0.29) is 29.6 Å². The van der Waals surface area contributed by atoms with Crippen molar-refractivity contribution in [3.05, 3.63) is 0 Å². The van der Waals surface area contributed by atoms with Gasteiger partial charge in [0.05, 0.1) is 6.54 Å². The fraction of sp³-hybridized carbons (Fsp3) is 0.500. The van der Waals surface area contributed by atoms with E-state index in [0.29, 0.717) is 0 Å². The van der Waals surface area contributed by atoms with Crippen molar-refractivity contribution in [2.75, 3.05) is 6.54 Å². The number of hydrogen-bond donors (Lipinski definition) is 2. The van der Waals surface area contributed by atoms with Gasteiger partial charge in [0.2, 0.25) is 0 Å². The van der Waals surface area contributed by atoms with Crippen molar-refractivity contribution in [3.63, 3.8) is 0 Å². The Morgan fingerprint density at radius 3 is 2.00 bits per heavy atom. The number of rotatable bonds is 1. The van der Waals surface area contributed by atoms with Crippen LogP contribution in [-0.4, -0.2) is 40.7 Å². The van der Waals surface area contributed by atoms with Gasteiger partial charge in [-0.15, -0.1) is 0 Å². The van der Waals surface area contributed by atoms with Gasteiger partial charge in [0.25, 0.3) is 0 Å². The molecule has 30 valence electrons. The molecule has 0 bridgehead atoms. The third-order valence-corrected chi connectivity index (χ3v) is 0.175. The van der Waals surface area contributed by atoms with Crippen LogP contribution in [0.15, 0.2) is 0 Å². The zero-order valence-electron chi connectivity index (χ0n) is 3.35. The molecule has 0 aromatic rings. The van der Waals surface area contributed by atoms with Crippen LogP contribution in [0.4, 0.5) is 0 Å². The second-order valence-corrected chi connectivity index (χ2v) is 0.598. The van der Waals surface area contributed by atoms with Crippen molar-refractivity contribution in [1.82, 2.24) is 0 Å². The Morgan fingerprint density at radius 2 is 2.00 bits per heavy atom. The molecule has 0 aliphatic heterocycles. The van der Waals surface area contributed by atoms with Crippen LogP contribution in [0.3, 0.4) is 0 Å². The van der Waals surface area contributed by atoms with Crippen LogP contribution in [0, 0.1) is 0 Å². The zero-order valence-corrected chi connectivity index (χ0v) is 4.76. The SMILES string of the molecule is NCC(=O)O.[Mg+2]. The van der Waals surface area contributed by atoms with Gasteiger partial charge in [-0.05, 0) is 0 Å². The third-order valence-electron chi connectivity index (χ3n) is 0.175. The fourth-order valence-corrected chi connectivity index (χ4v) is 0. The molecule has 0 aliphatic carbocycles. The Kier molecular flexibility index (Phi) is 8.23. The summed E-state index contributed by atoms with van der Waals surface area (Å²) in [7, 11) is 0. The smallest absolute Gasteiger partial charge is 0.480 e. The maximum atomic E-state index is 9.24. The van der Waals surface area contributed by atoms with E-state index in [0.717, 1.165) is 0 Å². The van der Waals surface area contributed by atoms with Crippen LogP contribution in [0.1, 0.15) is 0 Å². The van der Waals surface area contributed by atoms with E-state index in [1.165, 1.54) is 0 Å². The summed E-state index contributed by atoms with van der Waals surface area (Å²) in [5.74, 6) is -0.968. The Labute approximate surface area is 51.7 Å². The number of hydrogen-bond acceptors (Lipinski definition) is 2. The summed E-state index contributed by atoms with van der Waals surface area (Å²) in [6, 6.07) is 0. The summed E-state index contributed by atoms with van der Waals surface area (Å²) in [5.41, 5.74) is 4.57. The molecule has 3 N–H and O–H groups in total. The molecule has 0 aromatic heterocycles. The van der Waals surface area contributed by atoms with Crippen molar-refractivity contribution < 1.29 is 9.90 Å². The summed E-state index contributed by atoms with van der Waals surface area (Å²) in [6.45, 7) is -0.278. The Balaban J connectivity index is 0. The molecule has 0 unspecified atom stereocenters. The maximum Gasteiger partial charge on any atom is 2.00 e. The van der Waals surface area contributed by atoms with E-state index < -0.39 is 5.97 Å². The molecule has 0 saturated heterocycles. The number of nitrogens with two attached hydrogens (primary N) is 1. The second kappa shape index (κ2) is 5.20. The molecule has 0 radical (unpaired) electrons. The molecule has 0 aromatic carbocycles. The first-order chi connectivity index (χ1) is 2.27. The molecule has 0 fully saturated rings. The average molecular weight is 99.4 g/mol. The van der Waals surface area contributed by atoms with Crippen molar-refractivity contribution in [3.8, 4) is 0 Å². The number of carboxylic acids is 1. The Bertz CT molecular complexity index is 46.8. The quantitative estimate of drug-likeness (QED) is 0.400. The van der Waals surface area contributed by atoms with E-state index >= 15 is 0 Å². The summed E-state index contributed by atoms with van der Waals surface area (Å²) in [4.78, 5) is 9.24. The second-order valence-electron chi connectivity index (χ2n) is 0.598. The average Bonchev–Trinajstić information content (AvgIpc) is 1.38. The molecule has 3 nitrogen and oxygen atoms in total. The topological polar surface area (TPSA) is 63.3 Å². The molecular formula is C2H5MgNO2+2. The van der Waals surface area contributed by atoms with E-state index in [1.54, 1.807) is 0 Å². The largest absolute Gasteiger partial charge is 2.00 e. The number of carboxylic acid groups (broad SMARTS) is 1. The van der Waals surface area contributed by atoms with Crippen LogP contribution < -0.4 is 5.73 Å². The van der Waals surface area contributed by atoms with Gasteiger partial charge in [0, 0.05) is 0 Å². The summed E-state index contributed by atoms with van der Waals surface area (Å²) < 4.78 is 0. The van der Waals surface area contributed by atoms with Gasteiger partial charge in [0.15, 0.2) is 0 Å². The monoisotopic (exact) mass is 99.0 g/mol. The fourth-order valence-electron chi connectivity index (χ4n) is 0. The first-order valence-corrected chi connectivity index (χ1v) is 1.19. The molecule has 0 rings (SSSR count). The van der Waals surface area contributed by atoms with Gasteiger partial charge in [-0.1, -0.05) is 0 Å². The molecule has 0 heterocycles. The van der Waals surface area contributed by atoms with E-state index in [9.17, 15) is 4.79 Å². The van der Waals surface area contributed by atoms with E-state index in [4.69, 9.17) is 5.11 Å². The summed E-state index contributed by atoms with van der Waals surface area (Å²) in [6.07, 6.45) is 0. The van der Waals surface area contributed by atoms with Gasteiger partial charge >= 0.3 is 29.0 Å². The first kappa shape index (κ1) is 9.50. The molecule has 0 spiro atoms. The molecular weight excluding hydrogens is 94.3 g/mol. The van der Waals surface area contributed by atoms with E-state index in [1.807, 2.05) is 0 Å². The predicted octanol–water partition coefficient (Wildman–Crippen LogP) is -1.35. The summed E-state index contributed by atoms with van der Waals surface area (Å²) >= 11 is 0. The first-order valence-electron chi connectivity index (χ1n) is 1.19. The maximum absolute atomic E-state index is 9.24. The molecule has 0 amide bonds. The molecule has 0 aliphatic rings. The van der Waals surface area contributed by atoms with Gasteiger partial charge in [-0.2, -0.15) is 0 Å². The van der Waals surface area contributed by atoms with Crippen molar-refractivity contribution in [2.45, 2.75) is 0 Å². The van der Waals surface area contributed by atoms with E-state index in [2.05, 4.69) is 5.73 Å². The molecule has 0 saturated carbocycles. The minimum Gasteiger partial charge on any atom is -0.480 e. The van der Waals surface area contributed by atoms with Gasteiger partial charge in [-0.25, -0.2) is 0 Å². The molecule has 4 heteroatoms. The van der Waals surface area contributed by atoms with Crippen LogP contribution in [0.25, 0.3) is 0 Å². The van der Waals surface area contributed by atoms with Crippen molar-refractivity contribution in [1.29, 1.82) is 0 Å².